The van der Waals surface area contributed by atoms with Crippen molar-refractivity contribution < 1.29 is 13.9 Å². The van der Waals surface area contributed by atoms with Crippen LogP contribution in [0.1, 0.15) is 44.2 Å². The fourth-order valence-electron chi connectivity index (χ4n) is 3.92. The minimum absolute atomic E-state index is 0.199. The maximum atomic E-state index is 14.2. The summed E-state index contributed by atoms with van der Waals surface area (Å²) < 4.78 is 20.9. The number of aryl methyl sites for hydroxylation is 2. The number of nitrogens with zero attached hydrogens (tertiary/aromatic N) is 2. The first-order valence-corrected chi connectivity index (χ1v) is 11.7. The number of carbonyl (C=O) groups is 1. The van der Waals surface area contributed by atoms with E-state index in [9.17, 15) is 9.18 Å². The number of hydrogen-bond donors (Lipinski definition) is 2. The Balaban J connectivity index is 1.55. The van der Waals surface area contributed by atoms with E-state index in [0.717, 1.165) is 36.2 Å². The zero-order valence-corrected chi connectivity index (χ0v) is 20.2. The number of fused-ring (bicyclic) bond motifs is 1. The second-order valence-corrected chi connectivity index (χ2v) is 9.46. The molecule has 0 unspecified atom stereocenters. The Morgan fingerprint density at radius 2 is 2.12 bits per heavy atom. The first-order chi connectivity index (χ1) is 15.3. The molecule has 0 aliphatic heterocycles. The van der Waals surface area contributed by atoms with Gasteiger partial charge in [-0.15, -0.1) is 11.3 Å². The van der Waals surface area contributed by atoms with Crippen LogP contribution in [-0.4, -0.2) is 28.0 Å². The molecule has 0 atom stereocenters. The minimum atomic E-state index is -0.377. The van der Waals surface area contributed by atoms with Gasteiger partial charge in [0.25, 0.3) is 0 Å². The van der Waals surface area contributed by atoms with Crippen LogP contribution in [0.5, 0.6) is 0 Å². The number of carbonyl (C=O) groups excluding carboxylic acids is 1. The fourth-order valence-corrected chi connectivity index (χ4v) is 5.70. The van der Waals surface area contributed by atoms with Gasteiger partial charge in [-0.05, 0) is 63.0 Å². The van der Waals surface area contributed by atoms with Crippen molar-refractivity contribution in [3.63, 3.8) is 0 Å². The van der Waals surface area contributed by atoms with Gasteiger partial charge < -0.3 is 15.4 Å². The second-order valence-electron chi connectivity index (χ2n) is 7.54. The highest BCUT2D eigenvalue weighted by atomic mass is 35.5. The van der Waals surface area contributed by atoms with Crippen molar-refractivity contribution in [2.75, 3.05) is 17.7 Å². The van der Waals surface area contributed by atoms with Gasteiger partial charge in [0.15, 0.2) is 5.11 Å². The molecule has 0 bridgehead atoms. The van der Waals surface area contributed by atoms with Crippen molar-refractivity contribution in [1.82, 2.24) is 9.78 Å². The Kier molecular flexibility index (Phi) is 6.50. The number of esters is 1. The van der Waals surface area contributed by atoms with E-state index in [4.69, 9.17) is 28.6 Å². The summed E-state index contributed by atoms with van der Waals surface area (Å²) in [5, 5.41) is 12.2. The standard InChI is InChI=1S/C22H22ClFN4O2S2/c1-11-19(12(2)28(27-11)10-14-15(23)7-5-8-16(14)24)25-22(31)26-20-18(21(29)30-3)13-6-4-9-17(13)32-20/h5,7-8H,4,6,9-10H2,1-3H3,(H2,25,26,31). The average molecular weight is 493 g/mol. The van der Waals surface area contributed by atoms with Crippen molar-refractivity contribution in [3.8, 4) is 0 Å². The van der Waals surface area contributed by atoms with Gasteiger partial charge in [0.1, 0.15) is 10.8 Å². The minimum Gasteiger partial charge on any atom is -0.465 e. The lowest BCUT2D eigenvalue weighted by molar-refractivity contribution is 0.0601. The highest BCUT2D eigenvalue weighted by Crippen LogP contribution is 2.39. The van der Waals surface area contributed by atoms with Crippen LogP contribution >= 0.6 is 35.2 Å². The molecule has 0 radical (unpaired) electrons. The van der Waals surface area contributed by atoms with E-state index in [2.05, 4.69) is 15.7 Å². The number of hydrogen-bond acceptors (Lipinski definition) is 5. The topological polar surface area (TPSA) is 68.2 Å². The van der Waals surface area contributed by atoms with Crippen LogP contribution < -0.4 is 10.6 Å². The Morgan fingerprint density at radius 3 is 2.84 bits per heavy atom. The molecule has 1 aromatic carbocycles. The molecule has 2 N–H and O–H groups in total. The number of methoxy groups -OCH3 is 1. The molecule has 3 aromatic rings. The van der Waals surface area contributed by atoms with E-state index in [1.54, 1.807) is 16.8 Å². The highest BCUT2D eigenvalue weighted by Gasteiger charge is 2.28. The van der Waals surface area contributed by atoms with E-state index in [0.29, 0.717) is 32.0 Å². The number of ether oxygens (including phenoxy) is 1. The van der Waals surface area contributed by atoms with Crippen molar-refractivity contribution in [1.29, 1.82) is 0 Å². The zero-order valence-electron chi connectivity index (χ0n) is 17.8. The van der Waals surface area contributed by atoms with Gasteiger partial charge in [0.2, 0.25) is 0 Å². The summed E-state index contributed by atoms with van der Waals surface area (Å²) in [6.45, 7) is 3.92. The number of nitrogens with one attached hydrogen (secondary N) is 2. The van der Waals surface area contributed by atoms with Gasteiger partial charge in [-0.2, -0.15) is 5.10 Å². The summed E-state index contributed by atoms with van der Waals surface area (Å²) in [6.07, 6.45) is 2.86. The summed E-state index contributed by atoms with van der Waals surface area (Å²) in [6, 6.07) is 4.60. The molecule has 0 fully saturated rings. The molecule has 0 amide bonds. The lowest BCUT2D eigenvalue weighted by Gasteiger charge is -2.12. The van der Waals surface area contributed by atoms with Crippen molar-refractivity contribution >= 4 is 56.9 Å². The van der Waals surface area contributed by atoms with Gasteiger partial charge in [-0.3, -0.25) is 4.68 Å². The number of halogens is 2. The van der Waals surface area contributed by atoms with Crippen molar-refractivity contribution in [2.24, 2.45) is 0 Å². The number of anilines is 2. The molecular formula is C22H22ClFN4O2S2. The summed E-state index contributed by atoms with van der Waals surface area (Å²) in [4.78, 5) is 13.6. The van der Waals surface area contributed by atoms with Gasteiger partial charge in [-0.1, -0.05) is 17.7 Å². The quantitative estimate of drug-likeness (QED) is 0.363. The summed E-state index contributed by atoms with van der Waals surface area (Å²) in [7, 11) is 1.38. The normalized spacial score (nSPS) is 12.5. The highest BCUT2D eigenvalue weighted by molar-refractivity contribution is 7.80. The molecule has 1 aliphatic carbocycles. The second kappa shape index (κ2) is 9.17. The summed E-state index contributed by atoms with van der Waals surface area (Å²) in [5.74, 6) is -0.741. The summed E-state index contributed by atoms with van der Waals surface area (Å²) >= 11 is 13.2. The molecule has 2 aromatic heterocycles. The lowest BCUT2D eigenvalue weighted by atomic mass is 10.1. The molecule has 32 heavy (non-hydrogen) atoms. The smallest absolute Gasteiger partial charge is 0.341 e. The number of aromatic nitrogens is 2. The largest absolute Gasteiger partial charge is 0.465 e. The molecule has 0 spiro atoms. The predicted molar refractivity (Wildman–Crippen MR) is 130 cm³/mol. The Labute approximate surface area is 199 Å². The Hall–Kier alpha value is -2.49. The van der Waals surface area contributed by atoms with E-state index < -0.39 is 0 Å². The summed E-state index contributed by atoms with van der Waals surface area (Å²) in [5.41, 5.74) is 4.21. The van der Waals surface area contributed by atoms with E-state index >= 15 is 0 Å². The third-order valence-electron chi connectivity index (χ3n) is 5.53. The number of rotatable bonds is 5. The first-order valence-electron chi connectivity index (χ1n) is 10.1. The average Bonchev–Trinajstić information content (AvgIpc) is 3.40. The maximum Gasteiger partial charge on any atom is 0.341 e. The molecule has 6 nitrogen and oxygen atoms in total. The van der Waals surface area contributed by atoms with Crippen LogP contribution in [0.15, 0.2) is 18.2 Å². The van der Waals surface area contributed by atoms with Gasteiger partial charge in [0, 0.05) is 15.5 Å². The molecule has 168 valence electrons. The molecule has 2 heterocycles. The van der Waals surface area contributed by atoms with Crippen LogP contribution in [0.4, 0.5) is 15.1 Å². The van der Waals surface area contributed by atoms with Gasteiger partial charge in [0.05, 0.1) is 36.3 Å². The third kappa shape index (κ3) is 4.24. The van der Waals surface area contributed by atoms with Crippen LogP contribution in [-0.2, 0) is 24.1 Å². The molecule has 4 rings (SSSR count). The number of thiophene rings is 1. The van der Waals surface area contributed by atoms with Gasteiger partial charge >= 0.3 is 5.97 Å². The number of thiocarbonyl (C=S) groups is 1. The predicted octanol–water partition coefficient (Wildman–Crippen LogP) is 5.49. The maximum absolute atomic E-state index is 14.2. The number of benzene rings is 1. The van der Waals surface area contributed by atoms with Crippen LogP contribution in [0.2, 0.25) is 5.02 Å². The van der Waals surface area contributed by atoms with E-state index in [1.165, 1.54) is 29.4 Å². The van der Waals surface area contributed by atoms with E-state index in [1.807, 2.05) is 13.8 Å². The monoisotopic (exact) mass is 492 g/mol. The third-order valence-corrected chi connectivity index (χ3v) is 7.29. The van der Waals surface area contributed by atoms with Crippen LogP contribution in [0, 0.1) is 19.7 Å². The molecule has 1 aliphatic rings. The van der Waals surface area contributed by atoms with Crippen LogP contribution in [0.25, 0.3) is 0 Å². The molecule has 0 saturated carbocycles. The fraction of sp³-hybridized carbons (Fsp3) is 0.318. The van der Waals surface area contributed by atoms with Gasteiger partial charge in [-0.25, -0.2) is 9.18 Å². The molecule has 10 heteroatoms. The van der Waals surface area contributed by atoms with Crippen molar-refractivity contribution in [2.45, 2.75) is 39.7 Å². The lowest BCUT2D eigenvalue weighted by Crippen LogP contribution is -2.21. The zero-order chi connectivity index (χ0) is 23.0. The van der Waals surface area contributed by atoms with Crippen LogP contribution in [0.3, 0.4) is 0 Å². The first kappa shape index (κ1) is 22.7. The molecular weight excluding hydrogens is 471 g/mol. The Bertz CT molecular complexity index is 1200. The molecule has 0 saturated heterocycles. The van der Waals surface area contributed by atoms with Crippen molar-refractivity contribution in [3.05, 3.63) is 62.0 Å². The Morgan fingerprint density at radius 1 is 1.34 bits per heavy atom. The van der Waals surface area contributed by atoms with E-state index in [-0.39, 0.29) is 18.3 Å². The SMILES string of the molecule is COC(=O)c1c(NC(=S)Nc2c(C)nn(Cc3c(F)cccc3Cl)c2C)sc2c1CCC2.